The fourth-order valence-electron chi connectivity index (χ4n) is 3.18. The van der Waals surface area contributed by atoms with E-state index in [1.165, 1.54) is 0 Å². The first-order valence-electron chi connectivity index (χ1n) is 10.6. The van der Waals surface area contributed by atoms with Gasteiger partial charge in [-0.25, -0.2) is 0 Å². The Morgan fingerprint density at radius 3 is 2.10 bits per heavy atom. The summed E-state index contributed by atoms with van der Waals surface area (Å²) in [6.45, 7) is 16.7. The topological polar surface area (TPSA) is 52.7 Å². The Morgan fingerprint density at radius 2 is 1.66 bits per heavy atom. The van der Waals surface area contributed by atoms with Crippen molar-refractivity contribution in [3.05, 3.63) is 23.8 Å². The molecule has 0 aliphatic carbocycles. The lowest BCUT2D eigenvalue weighted by Crippen LogP contribution is -2.44. The van der Waals surface area contributed by atoms with Gasteiger partial charge in [0.15, 0.2) is 0 Å². The summed E-state index contributed by atoms with van der Waals surface area (Å²) < 4.78 is 0. The van der Waals surface area contributed by atoms with E-state index < -0.39 is 5.41 Å². The molecule has 0 aromatic heterocycles. The van der Waals surface area contributed by atoms with E-state index in [9.17, 15) is 9.59 Å². The Morgan fingerprint density at radius 1 is 1.07 bits per heavy atom. The SMILES string of the molecule is CC[C@@H](C)N(Cc1cc(NC(=O)CC(C)(C)C)ccc1N(C)C)C(=O)C(C)(C)C. The molecular formula is C24H41N3O2. The summed E-state index contributed by atoms with van der Waals surface area (Å²) in [6, 6.07) is 6.08. The van der Waals surface area contributed by atoms with Gasteiger partial charge >= 0.3 is 0 Å². The largest absolute Gasteiger partial charge is 0.377 e. The maximum atomic E-state index is 13.1. The Hall–Kier alpha value is -2.04. The molecule has 5 heteroatoms. The number of carbonyl (C=O) groups is 2. The number of hydrogen-bond donors (Lipinski definition) is 1. The van der Waals surface area contributed by atoms with Crippen LogP contribution in [-0.4, -0.2) is 36.9 Å². The van der Waals surface area contributed by atoms with Crippen LogP contribution in [0.25, 0.3) is 0 Å². The molecule has 0 fully saturated rings. The molecule has 164 valence electrons. The van der Waals surface area contributed by atoms with E-state index in [4.69, 9.17) is 0 Å². The highest BCUT2D eigenvalue weighted by molar-refractivity contribution is 5.91. The van der Waals surface area contributed by atoms with Crippen LogP contribution in [0.15, 0.2) is 18.2 Å². The van der Waals surface area contributed by atoms with Crippen LogP contribution in [0.4, 0.5) is 11.4 Å². The van der Waals surface area contributed by atoms with E-state index in [0.717, 1.165) is 23.4 Å². The molecule has 1 rings (SSSR count). The lowest BCUT2D eigenvalue weighted by atomic mass is 9.92. The van der Waals surface area contributed by atoms with E-state index in [1.54, 1.807) is 0 Å². The molecule has 1 aromatic rings. The molecule has 1 N–H and O–H groups in total. The summed E-state index contributed by atoms with van der Waals surface area (Å²) in [5.74, 6) is 0.143. The Bertz CT molecular complexity index is 712. The molecule has 1 atom stereocenters. The molecule has 5 nitrogen and oxygen atoms in total. The maximum Gasteiger partial charge on any atom is 0.228 e. The fraction of sp³-hybridized carbons (Fsp3) is 0.667. The van der Waals surface area contributed by atoms with Crippen molar-refractivity contribution in [3.8, 4) is 0 Å². The lowest BCUT2D eigenvalue weighted by Gasteiger charge is -2.35. The normalized spacial score (nSPS) is 13.0. The van der Waals surface area contributed by atoms with Crippen molar-refractivity contribution in [3.63, 3.8) is 0 Å². The number of amides is 2. The van der Waals surface area contributed by atoms with Crippen LogP contribution in [0.5, 0.6) is 0 Å². The quantitative estimate of drug-likeness (QED) is 0.672. The number of carbonyl (C=O) groups excluding carboxylic acids is 2. The number of nitrogens with one attached hydrogen (secondary N) is 1. The minimum absolute atomic E-state index is 0.00519. The monoisotopic (exact) mass is 403 g/mol. The molecule has 0 aliphatic rings. The second kappa shape index (κ2) is 9.64. The molecule has 0 bridgehead atoms. The minimum Gasteiger partial charge on any atom is -0.377 e. The molecule has 0 unspecified atom stereocenters. The smallest absolute Gasteiger partial charge is 0.228 e. The number of nitrogens with zero attached hydrogens (tertiary/aromatic N) is 2. The van der Waals surface area contributed by atoms with Gasteiger partial charge < -0.3 is 15.1 Å². The number of benzene rings is 1. The van der Waals surface area contributed by atoms with Gasteiger partial charge in [0.2, 0.25) is 11.8 Å². The van der Waals surface area contributed by atoms with Gasteiger partial charge in [-0.1, -0.05) is 48.5 Å². The summed E-state index contributed by atoms with van der Waals surface area (Å²) in [5, 5.41) is 3.02. The number of rotatable bonds is 7. The van der Waals surface area contributed by atoms with Crippen molar-refractivity contribution < 1.29 is 9.59 Å². The van der Waals surface area contributed by atoms with Crippen LogP contribution in [0.1, 0.15) is 73.8 Å². The molecule has 0 spiro atoms. The van der Waals surface area contributed by atoms with E-state index in [-0.39, 0.29) is 23.3 Å². The van der Waals surface area contributed by atoms with E-state index in [1.807, 2.05) is 62.9 Å². The van der Waals surface area contributed by atoms with E-state index >= 15 is 0 Å². The first-order chi connectivity index (χ1) is 13.2. The predicted octanol–water partition coefficient (Wildman–Crippen LogP) is 5.30. The van der Waals surface area contributed by atoms with Crippen molar-refractivity contribution in [2.45, 2.75) is 80.8 Å². The van der Waals surface area contributed by atoms with Crippen LogP contribution in [0.2, 0.25) is 0 Å². The molecule has 0 heterocycles. The molecular weight excluding hydrogens is 362 g/mol. The zero-order chi connectivity index (χ0) is 22.6. The Balaban J connectivity index is 3.25. The third kappa shape index (κ3) is 7.71. The first kappa shape index (κ1) is 25.0. The summed E-state index contributed by atoms with van der Waals surface area (Å²) >= 11 is 0. The van der Waals surface area contributed by atoms with Gasteiger partial charge in [0.1, 0.15) is 0 Å². The van der Waals surface area contributed by atoms with Crippen molar-refractivity contribution in [2.24, 2.45) is 10.8 Å². The van der Waals surface area contributed by atoms with E-state index in [2.05, 4.69) is 39.9 Å². The zero-order valence-electron chi connectivity index (χ0n) is 20.1. The van der Waals surface area contributed by atoms with Gasteiger partial charge in [0.25, 0.3) is 0 Å². The van der Waals surface area contributed by atoms with Crippen molar-refractivity contribution in [1.82, 2.24) is 4.90 Å². The van der Waals surface area contributed by atoms with Gasteiger partial charge in [0.05, 0.1) is 0 Å². The average molecular weight is 404 g/mol. The van der Waals surface area contributed by atoms with E-state index in [0.29, 0.717) is 13.0 Å². The minimum atomic E-state index is -0.444. The third-order valence-electron chi connectivity index (χ3n) is 4.90. The summed E-state index contributed by atoms with van der Waals surface area (Å²) in [6.07, 6.45) is 1.35. The van der Waals surface area contributed by atoms with Crippen molar-refractivity contribution >= 4 is 23.2 Å². The molecule has 2 amide bonds. The summed E-state index contributed by atoms with van der Waals surface area (Å²) in [4.78, 5) is 29.5. The maximum absolute atomic E-state index is 13.1. The standard InChI is InChI=1S/C24H41N3O2/c1-11-17(2)27(22(29)24(6,7)8)16-18-14-19(12-13-20(18)26(9)10)25-21(28)15-23(3,4)5/h12-14,17H,11,15-16H2,1-10H3,(H,25,28)/t17-/m1/s1. The highest BCUT2D eigenvalue weighted by Gasteiger charge is 2.30. The molecule has 29 heavy (non-hydrogen) atoms. The van der Waals surface area contributed by atoms with Gasteiger partial charge in [-0.2, -0.15) is 0 Å². The van der Waals surface area contributed by atoms with Crippen molar-refractivity contribution in [1.29, 1.82) is 0 Å². The van der Waals surface area contributed by atoms with Gasteiger partial charge in [-0.3, -0.25) is 9.59 Å². The molecule has 0 aliphatic heterocycles. The number of anilines is 2. The van der Waals surface area contributed by atoms with Crippen LogP contribution in [0.3, 0.4) is 0 Å². The van der Waals surface area contributed by atoms with Crippen LogP contribution >= 0.6 is 0 Å². The first-order valence-corrected chi connectivity index (χ1v) is 10.6. The molecule has 0 radical (unpaired) electrons. The summed E-state index contributed by atoms with van der Waals surface area (Å²) in [5.41, 5.74) is 2.34. The second-order valence-corrected chi connectivity index (χ2v) is 10.5. The van der Waals surface area contributed by atoms with Gasteiger partial charge in [-0.15, -0.1) is 0 Å². The van der Waals surface area contributed by atoms with Gasteiger partial charge in [0, 0.05) is 49.9 Å². The number of hydrogen-bond acceptors (Lipinski definition) is 3. The fourth-order valence-corrected chi connectivity index (χ4v) is 3.18. The molecule has 0 saturated heterocycles. The highest BCUT2D eigenvalue weighted by Crippen LogP contribution is 2.29. The Labute approximate surface area is 177 Å². The lowest BCUT2D eigenvalue weighted by molar-refractivity contribution is -0.142. The Kier molecular flexibility index (Phi) is 8.31. The van der Waals surface area contributed by atoms with Gasteiger partial charge in [-0.05, 0) is 42.5 Å². The van der Waals surface area contributed by atoms with Crippen LogP contribution in [-0.2, 0) is 16.1 Å². The van der Waals surface area contributed by atoms with Crippen molar-refractivity contribution in [2.75, 3.05) is 24.3 Å². The second-order valence-electron chi connectivity index (χ2n) is 10.5. The molecule has 0 saturated carbocycles. The van der Waals surface area contributed by atoms with Crippen LogP contribution < -0.4 is 10.2 Å². The third-order valence-corrected chi connectivity index (χ3v) is 4.90. The average Bonchev–Trinajstić information content (AvgIpc) is 2.55. The summed E-state index contributed by atoms with van der Waals surface area (Å²) in [7, 11) is 3.99. The highest BCUT2D eigenvalue weighted by atomic mass is 16.2. The molecule has 1 aromatic carbocycles. The predicted molar refractivity (Wildman–Crippen MR) is 123 cm³/mol. The zero-order valence-corrected chi connectivity index (χ0v) is 20.1. The van der Waals surface area contributed by atoms with Crippen LogP contribution in [0, 0.1) is 10.8 Å².